The van der Waals surface area contributed by atoms with Gasteiger partial charge >= 0.3 is 0 Å². The molecule has 0 aliphatic carbocycles. The topological polar surface area (TPSA) is 29.1 Å². The maximum absolute atomic E-state index is 11.8. The Morgan fingerprint density at radius 2 is 2.06 bits per heavy atom. The van der Waals surface area contributed by atoms with E-state index in [1.54, 1.807) is 12.1 Å². The summed E-state index contributed by atoms with van der Waals surface area (Å²) in [6, 6.07) is 3.37. The number of hydrogen-bond donors (Lipinski definition) is 1. The van der Waals surface area contributed by atoms with Crippen molar-refractivity contribution in [3.05, 3.63) is 32.1 Å². The Kier molecular flexibility index (Phi) is 3.83. The first kappa shape index (κ1) is 13.0. The third-order valence-corrected chi connectivity index (χ3v) is 4.34. The molecule has 90 valence electrons. The molecule has 17 heavy (non-hydrogen) atoms. The zero-order valence-electron chi connectivity index (χ0n) is 8.81. The van der Waals surface area contributed by atoms with Crippen molar-refractivity contribution in [3.63, 3.8) is 0 Å². The molecule has 0 aliphatic rings. The Balaban J connectivity index is 2.64. The van der Waals surface area contributed by atoms with Crippen LogP contribution in [0.15, 0.2) is 12.1 Å². The zero-order chi connectivity index (χ0) is 12.6. The minimum Gasteiger partial charge on any atom is -0.352 e. The van der Waals surface area contributed by atoms with Crippen LogP contribution >= 0.6 is 46.1 Å². The van der Waals surface area contributed by atoms with Crippen molar-refractivity contribution in [1.82, 2.24) is 5.32 Å². The molecule has 0 saturated carbocycles. The Labute approximate surface area is 117 Å². The number of halogens is 3. The highest BCUT2D eigenvalue weighted by molar-refractivity contribution is 7.21. The van der Waals surface area contributed by atoms with Crippen LogP contribution in [0.4, 0.5) is 0 Å². The van der Waals surface area contributed by atoms with Gasteiger partial charge in [-0.2, -0.15) is 0 Å². The van der Waals surface area contributed by atoms with Crippen molar-refractivity contribution in [1.29, 1.82) is 0 Å². The number of thiophene rings is 1. The Bertz CT molecular complexity index is 594. The first-order valence-corrected chi connectivity index (χ1v) is 6.85. The molecule has 0 atom stereocenters. The first-order chi connectivity index (χ1) is 8.04. The van der Waals surface area contributed by atoms with Crippen LogP contribution in [0.25, 0.3) is 10.1 Å². The highest BCUT2D eigenvalue weighted by Gasteiger charge is 2.18. The molecule has 0 unspecified atom stereocenters. The van der Waals surface area contributed by atoms with Crippen molar-refractivity contribution in [2.24, 2.45) is 0 Å². The van der Waals surface area contributed by atoms with Crippen LogP contribution in [0.2, 0.25) is 15.1 Å². The van der Waals surface area contributed by atoms with E-state index in [1.165, 1.54) is 11.3 Å². The van der Waals surface area contributed by atoms with Gasteiger partial charge in [0.05, 0.1) is 10.0 Å². The quantitative estimate of drug-likeness (QED) is 0.862. The molecule has 2 rings (SSSR count). The lowest BCUT2D eigenvalue weighted by Gasteiger charge is -1.99. The maximum Gasteiger partial charge on any atom is 0.262 e. The smallest absolute Gasteiger partial charge is 0.262 e. The third kappa shape index (κ3) is 2.38. The van der Waals surface area contributed by atoms with Gasteiger partial charge in [0, 0.05) is 21.7 Å². The normalized spacial score (nSPS) is 10.8. The summed E-state index contributed by atoms with van der Waals surface area (Å²) in [6.45, 7) is 2.40. The molecule has 0 spiro atoms. The van der Waals surface area contributed by atoms with E-state index in [-0.39, 0.29) is 5.91 Å². The molecule has 0 radical (unpaired) electrons. The van der Waals surface area contributed by atoms with E-state index < -0.39 is 0 Å². The summed E-state index contributed by atoms with van der Waals surface area (Å²) in [5.41, 5.74) is 0. The third-order valence-electron chi connectivity index (χ3n) is 2.19. The fraction of sp³-hybridized carbons (Fsp3) is 0.182. The van der Waals surface area contributed by atoms with Crippen LogP contribution in [-0.4, -0.2) is 12.5 Å². The van der Waals surface area contributed by atoms with Gasteiger partial charge in [0.25, 0.3) is 5.91 Å². The number of amides is 1. The van der Waals surface area contributed by atoms with Crippen LogP contribution in [0.3, 0.4) is 0 Å². The lowest BCUT2D eigenvalue weighted by molar-refractivity contribution is 0.0960. The van der Waals surface area contributed by atoms with Crippen molar-refractivity contribution >= 4 is 62.1 Å². The van der Waals surface area contributed by atoms with Crippen molar-refractivity contribution in [2.45, 2.75) is 6.92 Å². The first-order valence-electron chi connectivity index (χ1n) is 4.89. The molecule has 0 aliphatic heterocycles. The molecule has 0 fully saturated rings. The van der Waals surface area contributed by atoms with Crippen molar-refractivity contribution in [3.8, 4) is 0 Å². The molecule has 1 N–H and O–H groups in total. The number of benzene rings is 1. The van der Waals surface area contributed by atoms with Crippen molar-refractivity contribution < 1.29 is 4.79 Å². The monoisotopic (exact) mass is 307 g/mol. The number of carbonyl (C=O) groups is 1. The number of rotatable bonds is 2. The second-order valence-electron chi connectivity index (χ2n) is 3.37. The molecule has 6 heteroatoms. The zero-order valence-corrected chi connectivity index (χ0v) is 11.9. The van der Waals surface area contributed by atoms with E-state index in [9.17, 15) is 4.79 Å². The number of hydrogen-bond acceptors (Lipinski definition) is 2. The van der Waals surface area contributed by atoms with E-state index in [1.807, 2.05) is 6.92 Å². The van der Waals surface area contributed by atoms with Gasteiger partial charge in [-0.25, -0.2) is 0 Å². The molecule has 1 heterocycles. The second kappa shape index (κ2) is 5.02. The lowest BCUT2D eigenvalue weighted by atomic mass is 10.2. The van der Waals surface area contributed by atoms with E-state index in [0.29, 0.717) is 31.9 Å². The predicted octanol–water partition coefficient (Wildman–Crippen LogP) is 4.61. The van der Waals surface area contributed by atoms with E-state index in [0.717, 1.165) is 4.70 Å². The number of nitrogens with one attached hydrogen (secondary N) is 1. The highest BCUT2D eigenvalue weighted by atomic mass is 35.5. The fourth-order valence-electron chi connectivity index (χ4n) is 1.50. The highest BCUT2D eigenvalue weighted by Crippen LogP contribution is 2.41. The molecule has 1 aromatic heterocycles. The predicted molar refractivity (Wildman–Crippen MR) is 74.9 cm³/mol. The standard InChI is InChI=1S/C11H8Cl3NOS/c1-2-15-11(16)10-9(14)8-6(13)3-5(12)4-7(8)17-10/h3-4H,2H2,1H3,(H,15,16). The van der Waals surface area contributed by atoms with E-state index in [4.69, 9.17) is 34.8 Å². The lowest BCUT2D eigenvalue weighted by Crippen LogP contribution is -2.21. The summed E-state index contributed by atoms with van der Waals surface area (Å²) in [6.07, 6.45) is 0. The molecular formula is C11H8Cl3NOS. The summed E-state index contributed by atoms with van der Waals surface area (Å²) in [7, 11) is 0. The molecular weight excluding hydrogens is 301 g/mol. The van der Waals surface area contributed by atoms with Crippen LogP contribution in [0.1, 0.15) is 16.6 Å². The average Bonchev–Trinajstić information content (AvgIpc) is 2.56. The number of fused-ring (bicyclic) bond motifs is 1. The summed E-state index contributed by atoms with van der Waals surface area (Å²) in [5.74, 6) is -0.189. The van der Waals surface area contributed by atoms with Crippen LogP contribution in [-0.2, 0) is 0 Å². The molecule has 0 saturated heterocycles. The van der Waals surface area contributed by atoms with Gasteiger partial charge in [-0.1, -0.05) is 34.8 Å². The SMILES string of the molecule is CCNC(=O)c1sc2cc(Cl)cc(Cl)c2c1Cl. The minimum atomic E-state index is -0.189. The Morgan fingerprint density at radius 3 is 2.71 bits per heavy atom. The van der Waals surface area contributed by atoms with Gasteiger partial charge in [0.2, 0.25) is 0 Å². The average molecular weight is 309 g/mol. The van der Waals surface area contributed by atoms with Crippen LogP contribution in [0, 0.1) is 0 Å². The summed E-state index contributed by atoms with van der Waals surface area (Å²) >= 11 is 19.4. The summed E-state index contributed by atoms with van der Waals surface area (Å²) < 4.78 is 0.814. The van der Waals surface area contributed by atoms with Crippen LogP contribution in [0.5, 0.6) is 0 Å². The number of carbonyl (C=O) groups excluding carboxylic acids is 1. The minimum absolute atomic E-state index is 0.189. The second-order valence-corrected chi connectivity index (χ2v) is 5.64. The van der Waals surface area contributed by atoms with Crippen LogP contribution < -0.4 is 5.32 Å². The Morgan fingerprint density at radius 1 is 1.35 bits per heavy atom. The van der Waals surface area contributed by atoms with E-state index in [2.05, 4.69) is 5.32 Å². The molecule has 1 amide bonds. The van der Waals surface area contributed by atoms with E-state index >= 15 is 0 Å². The van der Waals surface area contributed by atoms with Gasteiger partial charge in [-0.15, -0.1) is 11.3 Å². The summed E-state index contributed by atoms with van der Waals surface area (Å²) in [4.78, 5) is 12.2. The molecule has 1 aromatic carbocycles. The molecule has 2 nitrogen and oxygen atoms in total. The maximum atomic E-state index is 11.8. The largest absolute Gasteiger partial charge is 0.352 e. The van der Waals surface area contributed by atoms with Gasteiger partial charge in [-0.05, 0) is 19.1 Å². The molecule has 2 aromatic rings. The van der Waals surface area contributed by atoms with Gasteiger partial charge < -0.3 is 5.32 Å². The fourth-order valence-corrected chi connectivity index (χ4v) is 3.79. The van der Waals surface area contributed by atoms with Gasteiger partial charge in [-0.3, -0.25) is 4.79 Å². The summed E-state index contributed by atoms with van der Waals surface area (Å²) in [5, 5.41) is 4.77. The van der Waals surface area contributed by atoms with Gasteiger partial charge in [0.1, 0.15) is 4.88 Å². The molecule has 0 bridgehead atoms. The van der Waals surface area contributed by atoms with Crippen molar-refractivity contribution in [2.75, 3.05) is 6.54 Å². The Hall–Kier alpha value is -0.480. The van der Waals surface area contributed by atoms with Gasteiger partial charge in [0.15, 0.2) is 0 Å².